The van der Waals surface area contributed by atoms with Crippen LogP contribution < -0.4 is 4.90 Å². The Bertz CT molecular complexity index is 394. The molecule has 1 fully saturated rings. The highest BCUT2D eigenvalue weighted by Crippen LogP contribution is 2.25. The van der Waals surface area contributed by atoms with Gasteiger partial charge in [-0.05, 0) is 30.9 Å². The number of hydrogen-bond donors (Lipinski definition) is 1. The van der Waals surface area contributed by atoms with E-state index >= 15 is 0 Å². The quantitative estimate of drug-likeness (QED) is 0.907. The summed E-state index contributed by atoms with van der Waals surface area (Å²) in [6.07, 6.45) is 3.52. The topological polar surface area (TPSA) is 45.6 Å². The molecule has 0 aromatic carbocycles. The molecule has 1 N–H and O–H groups in total. The van der Waals surface area contributed by atoms with E-state index < -0.39 is 6.10 Å². The largest absolute Gasteiger partial charge is 0.387 e. The number of aromatic nitrogens is 1. The van der Waals surface area contributed by atoms with Crippen LogP contribution in [0.3, 0.4) is 0 Å². The predicted molar refractivity (Wildman–Crippen MR) is 76.3 cm³/mol. The van der Waals surface area contributed by atoms with Crippen molar-refractivity contribution in [3.63, 3.8) is 0 Å². The van der Waals surface area contributed by atoms with Gasteiger partial charge in [-0.25, -0.2) is 0 Å². The minimum absolute atomic E-state index is 0.287. The third-order valence-corrected chi connectivity index (χ3v) is 4.06. The van der Waals surface area contributed by atoms with E-state index in [1.165, 1.54) is 0 Å². The number of rotatable bonds is 4. The second-order valence-electron chi connectivity index (χ2n) is 5.35. The zero-order valence-corrected chi connectivity index (χ0v) is 12.0. The third-order valence-electron chi connectivity index (χ3n) is 4.06. The van der Waals surface area contributed by atoms with Crippen LogP contribution in [0.5, 0.6) is 0 Å². The van der Waals surface area contributed by atoms with Crippen LogP contribution in [0, 0.1) is 5.92 Å². The summed E-state index contributed by atoms with van der Waals surface area (Å²) in [5.41, 5.74) is 1.86. The zero-order chi connectivity index (χ0) is 13.8. The first-order chi connectivity index (χ1) is 9.15. The number of aliphatic hydroxyl groups excluding tert-OH is 1. The molecule has 106 valence electrons. The van der Waals surface area contributed by atoms with Gasteiger partial charge in [-0.15, -0.1) is 0 Å². The molecule has 1 aliphatic rings. The smallest absolute Gasteiger partial charge is 0.0957 e. The number of hydrogen-bond acceptors (Lipinski definition) is 4. The fourth-order valence-electron chi connectivity index (χ4n) is 2.57. The Balaban J connectivity index is 2.06. The molecule has 0 amide bonds. The number of piperidine rings is 1. The monoisotopic (exact) mass is 264 g/mol. The first kappa shape index (κ1) is 14.3. The zero-order valence-electron chi connectivity index (χ0n) is 12.0. The van der Waals surface area contributed by atoms with E-state index in [1.807, 2.05) is 25.3 Å². The van der Waals surface area contributed by atoms with Crippen molar-refractivity contribution in [3.05, 3.63) is 24.0 Å². The Morgan fingerprint density at radius 2 is 2.32 bits per heavy atom. The lowest BCUT2D eigenvalue weighted by Crippen LogP contribution is -2.43. The normalized spacial score (nSPS) is 25.4. The molecule has 0 aliphatic carbocycles. The van der Waals surface area contributed by atoms with Crippen molar-refractivity contribution in [2.24, 2.45) is 5.92 Å². The molecule has 1 aromatic rings. The van der Waals surface area contributed by atoms with Crippen molar-refractivity contribution in [2.45, 2.75) is 38.9 Å². The Morgan fingerprint density at radius 1 is 1.53 bits per heavy atom. The predicted octanol–water partition coefficient (Wildman–Crippen LogP) is 2.39. The molecular formula is C15H24N2O2. The Kier molecular flexibility index (Phi) is 4.77. The molecule has 0 radical (unpaired) electrons. The highest BCUT2D eigenvalue weighted by Gasteiger charge is 2.26. The van der Waals surface area contributed by atoms with Gasteiger partial charge in [-0.3, -0.25) is 4.98 Å². The minimum Gasteiger partial charge on any atom is -0.387 e. The van der Waals surface area contributed by atoms with Crippen LogP contribution in [0.25, 0.3) is 0 Å². The highest BCUT2D eigenvalue weighted by atomic mass is 16.5. The summed E-state index contributed by atoms with van der Waals surface area (Å²) < 4.78 is 5.53. The first-order valence-corrected chi connectivity index (χ1v) is 7.07. The maximum absolute atomic E-state index is 9.75. The molecule has 3 unspecified atom stereocenters. The first-order valence-electron chi connectivity index (χ1n) is 7.07. The van der Waals surface area contributed by atoms with E-state index in [9.17, 15) is 5.11 Å². The molecule has 0 saturated carbocycles. The van der Waals surface area contributed by atoms with Crippen LogP contribution in [0.15, 0.2) is 18.3 Å². The second-order valence-corrected chi connectivity index (χ2v) is 5.35. The van der Waals surface area contributed by atoms with Crippen molar-refractivity contribution in [2.75, 3.05) is 25.1 Å². The fraction of sp³-hybridized carbons (Fsp3) is 0.667. The molecule has 19 heavy (non-hydrogen) atoms. The van der Waals surface area contributed by atoms with Crippen LogP contribution >= 0.6 is 0 Å². The molecule has 1 aliphatic heterocycles. The molecule has 3 atom stereocenters. The van der Waals surface area contributed by atoms with Crippen LogP contribution in [0.2, 0.25) is 0 Å². The van der Waals surface area contributed by atoms with Gasteiger partial charge >= 0.3 is 0 Å². The summed E-state index contributed by atoms with van der Waals surface area (Å²) in [7, 11) is 1.78. The Morgan fingerprint density at radius 3 is 2.89 bits per heavy atom. The average molecular weight is 264 g/mol. The summed E-state index contributed by atoms with van der Waals surface area (Å²) in [4.78, 5) is 6.67. The van der Waals surface area contributed by atoms with Crippen molar-refractivity contribution in [1.29, 1.82) is 0 Å². The molecule has 2 rings (SSSR count). The van der Waals surface area contributed by atoms with Crippen molar-refractivity contribution >= 4 is 5.69 Å². The summed E-state index contributed by atoms with van der Waals surface area (Å²) in [5.74, 6) is 0.607. The number of pyridine rings is 1. The van der Waals surface area contributed by atoms with Crippen LogP contribution in [0.1, 0.15) is 38.5 Å². The van der Waals surface area contributed by atoms with Gasteiger partial charge in [0.05, 0.1) is 29.8 Å². The molecule has 0 bridgehead atoms. The Hall–Kier alpha value is -1.13. The van der Waals surface area contributed by atoms with Gasteiger partial charge in [0.2, 0.25) is 0 Å². The van der Waals surface area contributed by atoms with Crippen LogP contribution in [-0.2, 0) is 4.74 Å². The summed E-state index contributed by atoms with van der Waals surface area (Å²) in [5, 5.41) is 9.75. The number of ether oxygens (including phenoxy) is 1. The number of anilines is 1. The van der Waals surface area contributed by atoms with Gasteiger partial charge in [0.25, 0.3) is 0 Å². The molecular weight excluding hydrogens is 240 g/mol. The van der Waals surface area contributed by atoms with Crippen LogP contribution in [0.4, 0.5) is 5.69 Å². The standard InChI is InChI=1S/C15H24N2O2/c1-4-14(18)13-6-5-12(9-16-13)17-8-7-11(2)15(10-17)19-3/h5-6,9,11,14-15,18H,4,7-8,10H2,1-3H3. The maximum atomic E-state index is 9.75. The summed E-state index contributed by atoms with van der Waals surface area (Å²) >= 11 is 0. The van der Waals surface area contributed by atoms with E-state index in [1.54, 1.807) is 7.11 Å². The third kappa shape index (κ3) is 3.25. The van der Waals surface area contributed by atoms with Crippen LogP contribution in [-0.4, -0.2) is 36.4 Å². The lowest BCUT2D eigenvalue weighted by molar-refractivity contribution is 0.0498. The van der Waals surface area contributed by atoms with E-state index in [0.717, 1.165) is 30.9 Å². The molecule has 2 heterocycles. The number of aliphatic hydroxyl groups is 1. The summed E-state index contributed by atoms with van der Waals surface area (Å²) in [6.45, 7) is 6.15. The van der Waals surface area contributed by atoms with Crippen molar-refractivity contribution in [3.8, 4) is 0 Å². The lowest BCUT2D eigenvalue weighted by Gasteiger charge is -2.37. The molecule has 1 aromatic heterocycles. The van der Waals surface area contributed by atoms with Gasteiger partial charge < -0.3 is 14.7 Å². The van der Waals surface area contributed by atoms with E-state index in [0.29, 0.717) is 12.3 Å². The maximum Gasteiger partial charge on any atom is 0.0957 e. The minimum atomic E-state index is -0.456. The molecule has 4 nitrogen and oxygen atoms in total. The van der Waals surface area contributed by atoms with Crippen molar-refractivity contribution < 1.29 is 9.84 Å². The van der Waals surface area contributed by atoms with Gasteiger partial charge in [0.15, 0.2) is 0 Å². The van der Waals surface area contributed by atoms with E-state index in [2.05, 4.69) is 16.8 Å². The molecule has 4 heteroatoms. The van der Waals surface area contributed by atoms with Gasteiger partial charge in [-0.2, -0.15) is 0 Å². The van der Waals surface area contributed by atoms with Gasteiger partial charge in [0, 0.05) is 20.2 Å². The number of nitrogens with zero attached hydrogens (tertiary/aromatic N) is 2. The fourth-order valence-corrected chi connectivity index (χ4v) is 2.57. The van der Waals surface area contributed by atoms with Gasteiger partial charge in [-0.1, -0.05) is 13.8 Å². The lowest BCUT2D eigenvalue weighted by atomic mass is 9.95. The average Bonchev–Trinajstić information content (AvgIpc) is 2.47. The van der Waals surface area contributed by atoms with Gasteiger partial charge in [0.1, 0.15) is 0 Å². The molecule has 1 saturated heterocycles. The molecule has 0 spiro atoms. The Labute approximate surface area is 115 Å². The number of methoxy groups -OCH3 is 1. The SMILES string of the molecule is CCC(O)c1ccc(N2CCC(C)C(OC)C2)cn1. The van der Waals surface area contributed by atoms with E-state index in [-0.39, 0.29) is 6.10 Å². The highest BCUT2D eigenvalue weighted by molar-refractivity contribution is 5.45. The summed E-state index contributed by atoms with van der Waals surface area (Å²) in [6, 6.07) is 3.97. The van der Waals surface area contributed by atoms with Crippen molar-refractivity contribution in [1.82, 2.24) is 4.98 Å². The second kappa shape index (κ2) is 6.35. The van der Waals surface area contributed by atoms with E-state index in [4.69, 9.17) is 4.74 Å².